The molecule has 0 spiro atoms. The summed E-state index contributed by atoms with van der Waals surface area (Å²) in [5, 5.41) is 3.51. The van der Waals surface area contributed by atoms with Crippen LogP contribution in [0.1, 0.15) is 31.0 Å². The molecule has 0 amide bonds. The van der Waals surface area contributed by atoms with Gasteiger partial charge in [-0.3, -0.25) is 0 Å². The van der Waals surface area contributed by atoms with Gasteiger partial charge in [-0.15, -0.1) is 0 Å². The van der Waals surface area contributed by atoms with Crippen LogP contribution in [-0.2, 0) is 0 Å². The van der Waals surface area contributed by atoms with E-state index in [1.54, 1.807) is 0 Å². The summed E-state index contributed by atoms with van der Waals surface area (Å²) < 4.78 is 1.14. The van der Waals surface area contributed by atoms with Gasteiger partial charge in [0.25, 0.3) is 0 Å². The van der Waals surface area contributed by atoms with Gasteiger partial charge in [0, 0.05) is 41.9 Å². The molecular weight excluding hydrogens is 352 g/mol. The molecule has 2 aliphatic rings. The molecule has 2 aromatic rings. The summed E-state index contributed by atoms with van der Waals surface area (Å²) in [6.07, 6.45) is 5.59. The Hall–Kier alpha value is -1.62. The minimum Gasteiger partial charge on any atom is -0.371 e. The third-order valence-electron chi connectivity index (χ3n) is 4.65. The number of aromatic nitrogens is 2. The number of benzene rings is 1. The minimum absolute atomic E-state index is 0.607. The molecule has 4 rings (SSSR count). The van der Waals surface area contributed by atoms with Crippen molar-refractivity contribution in [1.82, 2.24) is 9.97 Å². The van der Waals surface area contributed by atoms with E-state index in [1.165, 1.54) is 24.9 Å². The SMILES string of the molecule is Brc1cccc(N2CCC(CNc3ccnc(C4CC4)n3)C2)c1. The van der Waals surface area contributed by atoms with E-state index in [0.717, 1.165) is 35.7 Å². The Kier molecular flexibility index (Phi) is 4.21. The van der Waals surface area contributed by atoms with E-state index in [9.17, 15) is 0 Å². The highest BCUT2D eigenvalue weighted by Crippen LogP contribution is 2.38. The molecule has 2 heterocycles. The summed E-state index contributed by atoms with van der Waals surface area (Å²) in [5.74, 6) is 3.25. The number of hydrogen-bond donors (Lipinski definition) is 1. The van der Waals surface area contributed by atoms with Crippen molar-refractivity contribution in [3.63, 3.8) is 0 Å². The largest absolute Gasteiger partial charge is 0.371 e. The van der Waals surface area contributed by atoms with E-state index in [0.29, 0.717) is 11.8 Å². The van der Waals surface area contributed by atoms with Gasteiger partial charge in [-0.2, -0.15) is 0 Å². The van der Waals surface area contributed by atoms with Gasteiger partial charge in [0.15, 0.2) is 0 Å². The maximum Gasteiger partial charge on any atom is 0.133 e. The third-order valence-corrected chi connectivity index (χ3v) is 5.14. The number of anilines is 2. The van der Waals surface area contributed by atoms with Crippen LogP contribution in [0.2, 0.25) is 0 Å². The Labute approximate surface area is 145 Å². The second-order valence-electron chi connectivity index (χ2n) is 6.54. The molecule has 1 aliphatic heterocycles. The first-order valence-corrected chi connectivity index (χ1v) is 9.14. The van der Waals surface area contributed by atoms with Gasteiger partial charge < -0.3 is 10.2 Å². The predicted molar refractivity (Wildman–Crippen MR) is 97.0 cm³/mol. The van der Waals surface area contributed by atoms with Crippen molar-refractivity contribution in [2.45, 2.75) is 25.2 Å². The van der Waals surface area contributed by atoms with Crippen molar-refractivity contribution >= 4 is 27.4 Å². The first-order chi connectivity index (χ1) is 11.3. The highest BCUT2D eigenvalue weighted by molar-refractivity contribution is 9.10. The molecule has 0 bridgehead atoms. The molecule has 1 atom stereocenters. The summed E-state index contributed by atoms with van der Waals surface area (Å²) >= 11 is 3.56. The third kappa shape index (κ3) is 3.66. The fourth-order valence-corrected chi connectivity index (χ4v) is 3.55. The van der Waals surface area contributed by atoms with Crippen LogP contribution in [0.5, 0.6) is 0 Å². The zero-order valence-electron chi connectivity index (χ0n) is 13.1. The Morgan fingerprint density at radius 1 is 1.22 bits per heavy atom. The number of rotatable bonds is 5. The van der Waals surface area contributed by atoms with Gasteiger partial charge in [0.1, 0.15) is 11.6 Å². The van der Waals surface area contributed by atoms with Gasteiger partial charge in [0.2, 0.25) is 0 Å². The van der Waals surface area contributed by atoms with Crippen LogP contribution in [0.4, 0.5) is 11.5 Å². The van der Waals surface area contributed by atoms with Gasteiger partial charge in [0.05, 0.1) is 0 Å². The lowest BCUT2D eigenvalue weighted by atomic mass is 10.1. The normalized spacial score (nSPS) is 20.7. The van der Waals surface area contributed by atoms with Crippen LogP contribution >= 0.6 is 15.9 Å². The van der Waals surface area contributed by atoms with Crippen LogP contribution < -0.4 is 10.2 Å². The highest BCUT2D eigenvalue weighted by Gasteiger charge is 2.27. The zero-order valence-corrected chi connectivity index (χ0v) is 14.7. The molecular formula is C18H21BrN4. The zero-order chi connectivity index (χ0) is 15.6. The summed E-state index contributed by atoms with van der Waals surface area (Å²) in [6, 6.07) is 10.5. The summed E-state index contributed by atoms with van der Waals surface area (Å²) in [5.41, 5.74) is 1.31. The first-order valence-electron chi connectivity index (χ1n) is 8.35. The van der Waals surface area contributed by atoms with Crippen molar-refractivity contribution in [3.05, 3.63) is 46.8 Å². The lowest BCUT2D eigenvalue weighted by Gasteiger charge is -2.19. The van der Waals surface area contributed by atoms with Crippen molar-refractivity contribution in [1.29, 1.82) is 0 Å². The fourth-order valence-electron chi connectivity index (χ4n) is 3.17. The molecule has 0 radical (unpaired) electrons. The van der Waals surface area contributed by atoms with Crippen molar-refractivity contribution in [2.75, 3.05) is 29.9 Å². The Balaban J connectivity index is 1.33. The van der Waals surface area contributed by atoms with Gasteiger partial charge in [-0.25, -0.2) is 9.97 Å². The summed E-state index contributed by atoms with van der Waals surface area (Å²) in [4.78, 5) is 11.5. The van der Waals surface area contributed by atoms with Crippen LogP contribution in [0.25, 0.3) is 0 Å². The topological polar surface area (TPSA) is 41.0 Å². The van der Waals surface area contributed by atoms with Crippen molar-refractivity contribution in [3.8, 4) is 0 Å². The maximum atomic E-state index is 4.64. The van der Waals surface area contributed by atoms with Crippen molar-refractivity contribution in [2.24, 2.45) is 5.92 Å². The van der Waals surface area contributed by atoms with E-state index in [2.05, 4.69) is 60.4 Å². The smallest absolute Gasteiger partial charge is 0.133 e. The maximum absolute atomic E-state index is 4.64. The lowest BCUT2D eigenvalue weighted by molar-refractivity contribution is 0.621. The fraction of sp³-hybridized carbons (Fsp3) is 0.444. The molecule has 1 N–H and O–H groups in total. The lowest BCUT2D eigenvalue weighted by Crippen LogP contribution is -2.22. The van der Waals surface area contributed by atoms with Crippen LogP contribution in [-0.4, -0.2) is 29.6 Å². The van der Waals surface area contributed by atoms with E-state index in [1.807, 2.05) is 12.3 Å². The van der Waals surface area contributed by atoms with E-state index in [-0.39, 0.29) is 0 Å². The van der Waals surface area contributed by atoms with E-state index < -0.39 is 0 Å². The van der Waals surface area contributed by atoms with Crippen LogP contribution in [0.3, 0.4) is 0 Å². The summed E-state index contributed by atoms with van der Waals surface area (Å²) in [6.45, 7) is 3.20. The Bertz CT molecular complexity index is 686. The molecule has 1 aromatic heterocycles. The first kappa shape index (κ1) is 14.9. The monoisotopic (exact) mass is 372 g/mol. The molecule has 1 aliphatic carbocycles. The van der Waals surface area contributed by atoms with Gasteiger partial charge >= 0.3 is 0 Å². The van der Waals surface area contributed by atoms with Gasteiger partial charge in [-0.1, -0.05) is 22.0 Å². The molecule has 2 fully saturated rings. The van der Waals surface area contributed by atoms with Crippen LogP contribution in [0.15, 0.2) is 41.0 Å². The highest BCUT2D eigenvalue weighted by atomic mass is 79.9. The molecule has 23 heavy (non-hydrogen) atoms. The predicted octanol–water partition coefficient (Wildman–Crippen LogP) is 4.05. The molecule has 5 heteroatoms. The molecule has 120 valence electrons. The Morgan fingerprint density at radius 2 is 2.13 bits per heavy atom. The second-order valence-corrected chi connectivity index (χ2v) is 7.45. The number of nitrogens with one attached hydrogen (secondary N) is 1. The van der Waals surface area contributed by atoms with E-state index in [4.69, 9.17) is 0 Å². The average molecular weight is 373 g/mol. The molecule has 1 aromatic carbocycles. The van der Waals surface area contributed by atoms with E-state index >= 15 is 0 Å². The van der Waals surface area contributed by atoms with Crippen molar-refractivity contribution < 1.29 is 0 Å². The molecule has 1 unspecified atom stereocenters. The molecule has 4 nitrogen and oxygen atoms in total. The summed E-state index contributed by atoms with van der Waals surface area (Å²) in [7, 11) is 0. The molecule has 1 saturated carbocycles. The number of halogens is 1. The Morgan fingerprint density at radius 3 is 2.96 bits per heavy atom. The average Bonchev–Trinajstić information content (AvgIpc) is 3.32. The molecule has 1 saturated heterocycles. The van der Waals surface area contributed by atoms with Gasteiger partial charge in [-0.05, 0) is 49.4 Å². The number of nitrogens with zero attached hydrogens (tertiary/aromatic N) is 3. The second kappa shape index (κ2) is 6.48. The quantitative estimate of drug-likeness (QED) is 0.859. The number of hydrogen-bond acceptors (Lipinski definition) is 4. The standard InChI is InChI=1S/C18H21BrN4/c19-15-2-1-3-16(10-15)23-9-7-13(12-23)11-21-17-6-8-20-18(22-17)14-4-5-14/h1-3,6,8,10,13-14H,4-5,7,9,11-12H2,(H,20,21,22). The van der Waals surface area contributed by atoms with Crippen LogP contribution in [0, 0.1) is 5.92 Å². The minimum atomic E-state index is 0.607.